The molecule has 0 saturated carbocycles. The normalized spacial score (nSPS) is 17.3. The van der Waals surface area contributed by atoms with Crippen molar-refractivity contribution in [2.24, 2.45) is 11.1 Å². The van der Waals surface area contributed by atoms with Gasteiger partial charge in [0, 0.05) is 46.1 Å². The first-order chi connectivity index (χ1) is 10.1. The monoisotopic (exact) mass is 291 g/mol. The standard InChI is InChI=1S/C16H25N3O2/c1-19(2)14-5-3-13(4-6-14)11-18-15(20)16(12-17)7-9-21-10-8-16/h3-6H,7-12,17H2,1-2H3,(H,18,20). The summed E-state index contributed by atoms with van der Waals surface area (Å²) in [4.78, 5) is 14.5. The van der Waals surface area contributed by atoms with Gasteiger partial charge in [0.2, 0.25) is 5.91 Å². The minimum Gasteiger partial charge on any atom is -0.381 e. The largest absolute Gasteiger partial charge is 0.381 e. The second kappa shape index (κ2) is 6.91. The van der Waals surface area contributed by atoms with Crippen LogP contribution in [0.15, 0.2) is 24.3 Å². The number of hydrogen-bond donors (Lipinski definition) is 2. The minimum atomic E-state index is -0.457. The molecule has 1 aromatic carbocycles. The lowest BCUT2D eigenvalue weighted by Crippen LogP contribution is -2.48. The number of nitrogens with zero attached hydrogens (tertiary/aromatic N) is 1. The molecule has 21 heavy (non-hydrogen) atoms. The van der Waals surface area contributed by atoms with Gasteiger partial charge in [-0.05, 0) is 30.5 Å². The topological polar surface area (TPSA) is 67.6 Å². The van der Waals surface area contributed by atoms with E-state index in [0.717, 1.165) is 11.3 Å². The Balaban J connectivity index is 1.93. The van der Waals surface area contributed by atoms with Crippen LogP contribution in [0.25, 0.3) is 0 Å². The van der Waals surface area contributed by atoms with Crippen LogP contribution in [0.4, 0.5) is 5.69 Å². The summed E-state index contributed by atoms with van der Waals surface area (Å²) in [5.41, 5.74) is 7.62. The van der Waals surface area contributed by atoms with Gasteiger partial charge in [-0.2, -0.15) is 0 Å². The van der Waals surface area contributed by atoms with E-state index < -0.39 is 5.41 Å². The molecule has 0 atom stereocenters. The fourth-order valence-electron chi connectivity index (χ4n) is 2.57. The highest BCUT2D eigenvalue weighted by atomic mass is 16.5. The molecule has 0 radical (unpaired) electrons. The van der Waals surface area contributed by atoms with E-state index in [1.54, 1.807) is 0 Å². The van der Waals surface area contributed by atoms with Crippen molar-refractivity contribution in [1.82, 2.24) is 5.32 Å². The average molecular weight is 291 g/mol. The number of hydrogen-bond acceptors (Lipinski definition) is 4. The Hall–Kier alpha value is -1.59. The molecule has 116 valence electrons. The molecular formula is C16H25N3O2. The molecule has 1 saturated heterocycles. The third-order valence-electron chi connectivity index (χ3n) is 4.23. The zero-order chi connectivity index (χ0) is 15.3. The van der Waals surface area contributed by atoms with Crippen LogP contribution in [-0.4, -0.2) is 39.8 Å². The van der Waals surface area contributed by atoms with Crippen LogP contribution in [0, 0.1) is 5.41 Å². The van der Waals surface area contributed by atoms with Gasteiger partial charge in [0.05, 0.1) is 5.41 Å². The van der Waals surface area contributed by atoms with Crippen molar-refractivity contribution in [3.63, 3.8) is 0 Å². The Bertz CT molecular complexity index is 465. The molecule has 1 heterocycles. The van der Waals surface area contributed by atoms with E-state index >= 15 is 0 Å². The molecule has 5 heteroatoms. The SMILES string of the molecule is CN(C)c1ccc(CNC(=O)C2(CN)CCOCC2)cc1. The highest BCUT2D eigenvalue weighted by molar-refractivity contribution is 5.83. The Morgan fingerprint density at radius 1 is 1.29 bits per heavy atom. The van der Waals surface area contributed by atoms with Gasteiger partial charge in [-0.15, -0.1) is 0 Å². The van der Waals surface area contributed by atoms with Gasteiger partial charge >= 0.3 is 0 Å². The fourth-order valence-corrected chi connectivity index (χ4v) is 2.57. The summed E-state index contributed by atoms with van der Waals surface area (Å²) in [6.07, 6.45) is 1.41. The second-order valence-corrected chi connectivity index (χ2v) is 5.84. The Morgan fingerprint density at radius 3 is 2.43 bits per heavy atom. The van der Waals surface area contributed by atoms with E-state index in [1.165, 1.54) is 0 Å². The summed E-state index contributed by atoms with van der Waals surface area (Å²) in [6.45, 7) is 2.14. The first-order valence-corrected chi connectivity index (χ1v) is 7.40. The molecule has 1 fully saturated rings. The molecule has 2 rings (SSSR count). The van der Waals surface area contributed by atoms with Crippen molar-refractivity contribution in [1.29, 1.82) is 0 Å². The quantitative estimate of drug-likeness (QED) is 0.853. The molecule has 0 aromatic heterocycles. The summed E-state index contributed by atoms with van der Waals surface area (Å²) in [6, 6.07) is 8.17. The Kier molecular flexibility index (Phi) is 5.20. The lowest BCUT2D eigenvalue weighted by Gasteiger charge is -2.34. The number of nitrogens with two attached hydrogens (primary N) is 1. The molecule has 5 nitrogen and oxygen atoms in total. The number of carbonyl (C=O) groups is 1. The third-order valence-corrected chi connectivity index (χ3v) is 4.23. The van der Waals surface area contributed by atoms with E-state index in [4.69, 9.17) is 10.5 Å². The zero-order valence-corrected chi connectivity index (χ0v) is 12.9. The first-order valence-electron chi connectivity index (χ1n) is 7.40. The van der Waals surface area contributed by atoms with E-state index in [-0.39, 0.29) is 5.91 Å². The third kappa shape index (κ3) is 3.74. The van der Waals surface area contributed by atoms with Crippen molar-refractivity contribution < 1.29 is 9.53 Å². The van der Waals surface area contributed by atoms with Gasteiger partial charge in [0.15, 0.2) is 0 Å². The van der Waals surface area contributed by atoms with Crippen LogP contribution in [-0.2, 0) is 16.1 Å². The van der Waals surface area contributed by atoms with Crippen molar-refractivity contribution >= 4 is 11.6 Å². The lowest BCUT2D eigenvalue weighted by atomic mass is 9.79. The number of benzene rings is 1. The summed E-state index contributed by atoms with van der Waals surface area (Å²) in [5, 5.41) is 3.02. The number of anilines is 1. The van der Waals surface area contributed by atoms with Gasteiger partial charge in [-0.25, -0.2) is 0 Å². The van der Waals surface area contributed by atoms with E-state index in [1.807, 2.05) is 31.1 Å². The van der Waals surface area contributed by atoms with Crippen molar-refractivity contribution in [2.75, 3.05) is 38.8 Å². The molecule has 3 N–H and O–H groups in total. The van der Waals surface area contributed by atoms with Crippen molar-refractivity contribution in [3.8, 4) is 0 Å². The van der Waals surface area contributed by atoms with Crippen LogP contribution in [0.3, 0.4) is 0 Å². The maximum atomic E-state index is 12.4. The molecular weight excluding hydrogens is 266 g/mol. The number of carbonyl (C=O) groups excluding carboxylic acids is 1. The molecule has 0 aliphatic carbocycles. The first kappa shape index (κ1) is 15.8. The summed E-state index contributed by atoms with van der Waals surface area (Å²) in [7, 11) is 4.01. The smallest absolute Gasteiger partial charge is 0.227 e. The summed E-state index contributed by atoms with van der Waals surface area (Å²) >= 11 is 0. The summed E-state index contributed by atoms with van der Waals surface area (Å²) < 4.78 is 5.33. The number of nitrogens with one attached hydrogen (secondary N) is 1. The predicted molar refractivity (Wildman–Crippen MR) is 84.2 cm³/mol. The second-order valence-electron chi connectivity index (χ2n) is 5.84. The van der Waals surface area contributed by atoms with E-state index in [0.29, 0.717) is 39.1 Å². The molecule has 0 unspecified atom stereocenters. The van der Waals surface area contributed by atoms with E-state index in [2.05, 4.69) is 17.4 Å². The molecule has 1 aliphatic heterocycles. The minimum absolute atomic E-state index is 0.0463. The fraction of sp³-hybridized carbons (Fsp3) is 0.562. The van der Waals surface area contributed by atoms with Crippen molar-refractivity contribution in [2.45, 2.75) is 19.4 Å². The van der Waals surface area contributed by atoms with Gasteiger partial charge < -0.3 is 20.7 Å². The van der Waals surface area contributed by atoms with Gasteiger partial charge in [-0.3, -0.25) is 4.79 Å². The van der Waals surface area contributed by atoms with Crippen LogP contribution < -0.4 is 16.0 Å². The lowest BCUT2D eigenvalue weighted by molar-refractivity contribution is -0.136. The number of ether oxygens (including phenoxy) is 1. The molecule has 0 bridgehead atoms. The average Bonchev–Trinajstić information content (AvgIpc) is 2.53. The number of amides is 1. The Morgan fingerprint density at radius 2 is 1.90 bits per heavy atom. The predicted octanol–water partition coefficient (Wildman–Crippen LogP) is 1.12. The number of rotatable bonds is 5. The molecule has 1 amide bonds. The molecule has 0 spiro atoms. The van der Waals surface area contributed by atoms with Crippen LogP contribution in [0.2, 0.25) is 0 Å². The highest BCUT2D eigenvalue weighted by Gasteiger charge is 2.38. The molecule has 1 aromatic rings. The highest BCUT2D eigenvalue weighted by Crippen LogP contribution is 2.29. The van der Waals surface area contributed by atoms with Gasteiger partial charge in [0.25, 0.3) is 0 Å². The van der Waals surface area contributed by atoms with Gasteiger partial charge in [-0.1, -0.05) is 12.1 Å². The van der Waals surface area contributed by atoms with Gasteiger partial charge in [0.1, 0.15) is 0 Å². The van der Waals surface area contributed by atoms with Crippen LogP contribution >= 0.6 is 0 Å². The zero-order valence-electron chi connectivity index (χ0n) is 12.9. The van der Waals surface area contributed by atoms with Crippen molar-refractivity contribution in [3.05, 3.63) is 29.8 Å². The molecule has 1 aliphatic rings. The maximum Gasteiger partial charge on any atom is 0.227 e. The van der Waals surface area contributed by atoms with Crippen LogP contribution in [0.1, 0.15) is 18.4 Å². The van der Waals surface area contributed by atoms with Crippen LogP contribution in [0.5, 0.6) is 0 Å². The van der Waals surface area contributed by atoms with E-state index in [9.17, 15) is 4.79 Å². The maximum absolute atomic E-state index is 12.4. The summed E-state index contributed by atoms with van der Waals surface area (Å²) in [5.74, 6) is 0.0463. The Labute approximate surface area is 126 Å².